The number of aryl methyl sites for hydroxylation is 3. The Morgan fingerprint density at radius 1 is 1.15 bits per heavy atom. The zero-order chi connectivity index (χ0) is 19.1. The van der Waals surface area contributed by atoms with Crippen molar-refractivity contribution in [3.63, 3.8) is 0 Å². The van der Waals surface area contributed by atoms with Gasteiger partial charge in [-0.25, -0.2) is 9.97 Å². The first-order chi connectivity index (χ1) is 13.0. The van der Waals surface area contributed by atoms with Crippen LogP contribution in [0.2, 0.25) is 0 Å². The molecule has 0 amide bonds. The summed E-state index contributed by atoms with van der Waals surface area (Å²) in [5, 5.41) is 10.7. The molecule has 1 saturated heterocycles. The van der Waals surface area contributed by atoms with Crippen LogP contribution in [0.4, 0.5) is 5.82 Å². The van der Waals surface area contributed by atoms with Gasteiger partial charge < -0.3 is 10.0 Å². The van der Waals surface area contributed by atoms with Crippen molar-refractivity contribution in [2.45, 2.75) is 33.6 Å². The van der Waals surface area contributed by atoms with E-state index in [1.54, 1.807) is 6.33 Å². The van der Waals surface area contributed by atoms with E-state index in [9.17, 15) is 5.11 Å². The molecular formula is C21H25BrN4O. The second-order valence-electron chi connectivity index (χ2n) is 7.58. The van der Waals surface area contributed by atoms with E-state index in [2.05, 4.69) is 74.3 Å². The van der Waals surface area contributed by atoms with Crippen molar-refractivity contribution in [3.05, 3.63) is 45.8 Å². The van der Waals surface area contributed by atoms with Crippen LogP contribution in [0, 0.1) is 26.7 Å². The van der Waals surface area contributed by atoms with Gasteiger partial charge in [0, 0.05) is 29.9 Å². The maximum atomic E-state index is 9.58. The molecular weight excluding hydrogens is 404 g/mol. The number of hydrogen-bond donors (Lipinski definition) is 1. The summed E-state index contributed by atoms with van der Waals surface area (Å²) in [7, 11) is 0. The van der Waals surface area contributed by atoms with E-state index < -0.39 is 0 Å². The molecule has 5 nitrogen and oxygen atoms in total. The highest BCUT2D eigenvalue weighted by atomic mass is 79.9. The highest BCUT2D eigenvalue weighted by Gasteiger charge is 2.24. The van der Waals surface area contributed by atoms with Crippen LogP contribution in [-0.4, -0.2) is 39.3 Å². The largest absolute Gasteiger partial charge is 0.396 e. The predicted octanol–water partition coefficient (Wildman–Crippen LogP) is 4.32. The normalized spacial score (nSPS) is 17.7. The molecule has 27 heavy (non-hydrogen) atoms. The number of fused-ring (bicyclic) bond motifs is 1. The minimum absolute atomic E-state index is 0.238. The topological polar surface area (TPSA) is 54.2 Å². The van der Waals surface area contributed by atoms with Crippen LogP contribution in [0.5, 0.6) is 0 Å². The molecule has 1 aliphatic heterocycles. The van der Waals surface area contributed by atoms with Crippen molar-refractivity contribution in [3.8, 4) is 5.69 Å². The Kier molecular flexibility index (Phi) is 4.95. The summed E-state index contributed by atoms with van der Waals surface area (Å²) in [5.74, 6) is 1.30. The van der Waals surface area contributed by atoms with Crippen molar-refractivity contribution in [1.82, 2.24) is 14.5 Å². The lowest BCUT2D eigenvalue weighted by Crippen LogP contribution is -2.37. The quantitative estimate of drug-likeness (QED) is 0.674. The molecule has 142 valence electrons. The summed E-state index contributed by atoms with van der Waals surface area (Å²) in [6, 6.07) is 6.48. The van der Waals surface area contributed by atoms with Gasteiger partial charge in [-0.1, -0.05) is 15.9 Å². The number of halogens is 1. The van der Waals surface area contributed by atoms with Gasteiger partial charge in [0.2, 0.25) is 0 Å². The van der Waals surface area contributed by atoms with Gasteiger partial charge in [-0.15, -0.1) is 0 Å². The number of aliphatic hydroxyl groups excluding tert-OH is 1. The molecule has 1 N–H and O–H groups in total. The third-order valence-electron chi connectivity index (χ3n) is 5.52. The lowest BCUT2D eigenvalue weighted by Gasteiger charge is -2.32. The van der Waals surface area contributed by atoms with E-state index >= 15 is 0 Å². The molecule has 4 rings (SSSR count). The number of aromatic nitrogens is 3. The molecule has 0 spiro atoms. The first-order valence-electron chi connectivity index (χ1n) is 9.45. The minimum atomic E-state index is 0.238. The third kappa shape index (κ3) is 3.25. The first kappa shape index (κ1) is 18.4. The maximum absolute atomic E-state index is 9.58. The summed E-state index contributed by atoms with van der Waals surface area (Å²) < 4.78 is 3.33. The van der Waals surface area contributed by atoms with Gasteiger partial charge in [0.05, 0.1) is 11.1 Å². The number of benzene rings is 1. The van der Waals surface area contributed by atoms with E-state index in [1.165, 1.54) is 16.8 Å². The summed E-state index contributed by atoms with van der Waals surface area (Å²) in [6.07, 6.45) is 3.83. The average molecular weight is 429 g/mol. The monoisotopic (exact) mass is 428 g/mol. The van der Waals surface area contributed by atoms with Crippen LogP contribution < -0.4 is 4.90 Å². The Balaban J connectivity index is 1.87. The van der Waals surface area contributed by atoms with Crippen LogP contribution in [0.25, 0.3) is 16.7 Å². The fraction of sp³-hybridized carbons (Fsp3) is 0.429. The van der Waals surface area contributed by atoms with Gasteiger partial charge in [0.1, 0.15) is 17.8 Å². The Morgan fingerprint density at radius 2 is 1.89 bits per heavy atom. The number of rotatable bonds is 3. The van der Waals surface area contributed by atoms with Gasteiger partial charge in [-0.05, 0) is 68.9 Å². The Bertz CT molecular complexity index is 974. The molecule has 1 unspecified atom stereocenters. The molecule has 0 saturated carbocycles. The minimum Gasteiger partial charge on any atom is -0.396 e. The zero-order valence-corrected chi connectivity index (χ0v) is 17.6. The molecule has 3 heterocycles. The highest BCUT2D eigenvalue weighted by Crippen LogP contribution is 2.33. The van der Waals surface area contributed by atoms with E-state index in [-0.39, 0.29) is 6.61 Å². The molecule has 3 aromatic rings. The van der Waals surface area contributed by atoms with Gasteiger partial charge in [0.25, 0.3) is 0 Å². The molecule has 1 fully saturated rings. The van der Waals surface area contributed by atoms with Crippen molar-refractivity contribution in [2.75, 3.05) is 24.6 Å². The second-order valence-corrected chi connectivity index (χ2v) is 8.50. The fourth-order valence-corrected chi connectivity index (χ4v) is 5.01. The standard InChI is InChI=1S/C21H25BrN4O/c1-13-7-17(22)8-14(2)19(13)26-15(3)9-18-20(23-12-24-21(18)26)25-6-4-5-16(10-25)11-27/h7-9,12,16,27H,4-6,10-11H2,1-3H3. The summed E-state index contributed by atoms with van der Waals surface area (Å²) in [6.45, 7) is 8.46. The van der Waals surface area contributed by atoms with Crippen LogP contribution in [-0.2, 0) is 0 Å². The molecule has 1 aromatic carbocycles. The summed E-state index contributed by atoms with van der Waals surface area (Å²) >= 11 is 3.59. The van der Waals surface area contributed by atoms with Crippen molar-refractivity contribution in [1.29, 1.82) is 0 Å². The van der Waals surface area contributed by atoms with E-state index in [0.717, 1.165) is 52.9 Å². The van der Waals surface area contributed by atoms with Crippen molar-refractivity contribution in [2.24, 2.45) is 5.92 Å². The van der Waals surface area contributed by atoms with Crippen LogP contribution in [0.1, 0.15) is 29.7 Å². The van der Waals surface area contributed by atoms with Gasteiger partial charge in [-0.2, -0.15) is 0 Å². The number of piperidine rings is 1. The maximum Gasteiger partial charge on any atom is 0.150 e. The second kappa shape index (κ2) is 7.24. The summed E-state index contributed by atoms with van der Waals surface area (Å²) in [4.78, 5) is 11.6. The number of anilines is 1. The van der Waals surface area contributed by atoms with Crippen LogP contribution in [0.15, 0.2) is 29.0 Å². The van der Waals surface area contributed by atoms with Gasteiger partial charge in [-0.3, -0.25) is 4.57 Å². The smallest absolute Gasteiger partial charge is 0.150 e. The lowest BCUT2D eigenvalue weighted by atomic mass is 9.99. The number of nitrogens with zero attached hydrogens (tertiary/aromatic N) is 4. The predicted molar refractivity (Wildman–Crippen MR) is 113 cm³/mol. The Labute approximate surface area is 168 Å². The summed E-state index contributed by atoms with van der Waals surface area (Å²) in [5.41, 5.74) is 5.69. The average Bonchev–Trinajstić information content (AvgIpc) is 2.97. The lowest BCUT2D eigenvalue weighted by molar-refractivity contribution is 0.208. The number of aliphatic hydroxyl groups is 1. The number of hydrogen-bond acceptors (Lipinski definition) is 4. The van der Waals surface area contributed by atoms with Gasteiger partial charge >= 0.3 is 0 Å². The Hall–Kier alpha value is -1.92. The highest BCUT2D eigenvalue weighted by molar-refractivity contribution is 9.10. The molecule has 0 bridgehead atoms. The molecule has 1 atom stereocenters. The molecule has 0 radical (unpaired) electrons. The van der Waals surface area contributed by atoms with Crippen molar-refractivity contribution >= 4 is 32.8 Å². The van der Waals surface area contributed by atoms with E-state index in [4.69, 9.17) is 0 Å². The van der Waals surface area contributed by atoms with E-state index in [1.807, 2.05) is 0 Å². The molecule has 6 heteroatoms. The molecule has 2 aromatic heterocycles. The SMILES string of the molecule is Cc1cc(Br)cc(C)c1-n1c(C)cc2c(N3CCCC(CO)C3)ncnc21. The molecule has 0 aliphatic carbocycles. The van der Waals surface area contributed by atoms with Gasteiger partial charge in [0.15, 0.2) is 0 Å². The van der Waals surface area contributed by atoms with Crippen molar-refractivity contribution < 1.29 is 5.11 Å². The van der Waals surface area contributed by atoms with Crippen LogP contribution in [0.3, 0.4) is 0 Å². The molecule has 1 aliphatic rings. The Morgan fingerprint density at radius 3 is 2.59 bits per heavy atom. The first-order valence-corrected chi connectivity index (χ1v) is 10.2. The van der Waals surface area contributed by atoms with Crippen LogP contribution >= 0.6 is 15.9 Å². The van der Waals surface area contributed by atoms with E-state index in [0.29, 0.717) is 5.92 Å². The zero-order valence-electron chi connectivity index (χ0n) is 16.0. The third-order valence-corrected chi connectivity index (χ3v) is 5.97. The fourth-order valence-electron chi connectivity index (χ4n) is 4.32.